The van der Waals surface area contributed by atoms with Crippen LogP contribution in [0.3, 0.4) is 0 Å². The molecular formula is C14H16N2. The first kappa shape index (κ1) is 10.9. The van der Waals surface area contributed by atoms with Crippen molar-refractivity contribution in [2.24, 2.45) is 5.73 Å². The first-order chi connectivity index (χ1) is 7.69. The number of rotatable bonds is 2. The van der Waals surface area contributed by atoms with E-state index in [0.29, 0.717) is 6.42 Å². The molecule has 0 amide bonds. The number of nitrogens with two attached hydrogens (primary N) is 1. The molecule has 82 valence electrons. The van der Waals surface area contributed by atoms with Crippen molar-refractivity contribution in [1.82, 2.24) is 0 Å². The van der Waals surface area contributed by atoms with Gasteiger partial charge in [-0.3, -0.25) is 0 Å². The van der Waals surface area contributed by atoms with Crippen molar-refractivity contribution in [3.63, 3.8) is 0 Å². The Balaban J connectivity index is 2.22. The van der Waals surface area contributed by atoms with Gasteiger partial charge in [0.05, 0.1) is 12.1 Å². The van der Waals surface area contributed by atoms with E-state index in [0.717, 1.165) is 12.8 Å². The van der Waals surface area contributed by atoms with Crippen molar-refractivity contribution in [1.29, 1.82) is 5.26 Å². The maximum absolute atomic E-state index is 8.69. The lowest BCUT2D eigenvalue weighted by Gasteiger charge is -2.17. The van der Waals surface area contributed by atoms with E-state index >= 15 is 0 Å². The highest BCUT2D eigenvalue weighted by molar-refractivity contribution is 5.60. The molecule has 1 aromatic carbocycles. The zero-order valence-electron chi connectivity index (χ0n) is 9.53. The maximum atomic E-state index is 8.69. The van der Waals surface area contributed by atoms with Crippen LogP contribution in [0.25, 0.3) is 6.08 Å². The molecule has 0 heterocycles. The van der Waals surface area contributed by atoms with Crippen molar-refractivity contribution in [2.45, 2.75) is 32.2 Å². The molecular weight excluding hydrogens is 196 g/mol. The van der Waals surface area contributed by atoms with Gasteiger partial charge in [0.15, 0.2) is 0 Å². The van der Waals surface area contributed by atoms with Gasteiger partial charge in [-0.15, -0.1) is 0 Å². The molecule has 2 nitrogen and oxygen atoms in total. The molecule has 16 heavy (non-hydrogen) atoms. The van der Waals surface area contributed by atoms with E-state index in [-0.39, 0.29) is 6.04 Å². The van der Waals surface area contributed by atoms with E-state index in [1.807, 2.05) is 0 Å². The van der Waals surface area contributed by atoms with Crippen LogP contribution in [-0.2, 0) is 6.42 Å². The quantitative estimate of drug-likeness (QED) is 0.819. The van der Waals surface area contributed by atoms with Gasteiger partial charge in [-0.25, -0.2) is 0 Å². The van der Waals surface area contributed by atoms with Gasteiger partial charge in [-0.05, 0) is 37.3 Å². The summed E-state index contributed by atoms with van der Waals surface area (Å²) in [5, 5.41) is 8.69. The van der Waals surface area contributed by atoms with Gasteiger partial charge in [-0.1, -0.05) is 35.4 Å². The van der Waals surface area contributed by atoms with Gasteiger partial charge in [0.2, 0.25) is 0 Å². The number of benzene rings is 1. The highest BCUT2D eigenvalue weighted by Gasteiger charge is 2.12. The van der Waals surface area contributed by atoms with Crippen LogP contribution in [-0.4, -0.2) is 6.04 Å². The number of nitrogens with zero attached hydrogens (tertiary/aromatic N) is 1. The molecule has 1 aliphatic rings. The maximum Gasteiger partial charge on any atom is 0.0965 e. The summed E-state index contributed by atoms with van der Waals surface area (Å²) in [4.78, 5) is 0. The summed E-state index contributed by atoms with van der Waals surface area (Å²) in [5.41, 5.74) is 11.0. The fourth-order valence-corrected chi connectivity index (χ4v) is 2.17. The Labute approximate surface area is 96.4 Å². The summed E-state index contributed by atoms with van der Waals surface area (Å²) in [5.74, 6) is 0. The number of hydrogen-bond donors (Lipinski definition) is 1. The molecule has 1 aromatic rings. The molecule has 0 saturated carbocycles. The van der Waals surface area contributed by atoms with Crippen LogP contribution in [0.5, 0.6) is 0 Å². The topological polar surface area (TPSA) is 49.8 Å². The fourth-order valence-electron chi connectivity index (χ4n) is 2.17. The predicted molar refractivity (Wildman–Crippen MR) is 65.7 cm³/mol. The molecule has 0 aliphatic heterocycles. The van der Waals surface area contributed by atoms with Crippen LogP contribution in [0.4, 0.5) is 0 Å². The van der Waals surface area contributed by atoms with Crippen LogP contribution in [0.1, 0.15) is 29.5 Å². The number of nitriles is 1. The van der Waals surface area contributed by atoms with Gasteiger partial charge < -0.3 is 5.73 Å². The standard InChI is InChI=1S/C14H16N2/c1-10-2-4-13-7-11(8-14(16)9-15)3-5-12(13)6-10/h2,4,6-7,14H,3,5,8,16H2,1H3/t14-/m1/s1. The number of hydrogen-bond acceptors (Lipinski definition) is 2. The Kier molecular flexibility index (Phi) is 3.07. The van der Waals surface area contributed by atoms with Gasteiger partial charge >= 0.3 is 0 Å². The summed E-state index contributed by atoms with van der Waals surface area (Å²) < 4.78 is 0. The Morgan fingerprint density at radius 3 is 3.00 bits per heavy atom. The van der Waals surface area contributed by atoms with E-state index < -0.39 is 0 Å². The van der Waals surface area contributed by atoms with Gasteiger partial charge in [0.25, 0.3) is 0 Å². The average molecular weight is 212 g/mol. The predicted octanol–water partition coefficient (Wildman–Crippen LogP) is 2.57. The van der Waals surface area contributed by atoms with E-state index in [4.69, 9.17) is 11.0 Å². The summed E-state index contributed by atoms with van der Waals surface area (Å²) in [6.45, 7) is 2.12. The zero-order valence-corrected chi connectivity index (χ0v) is 9.53. The Morgan fingerprint density at radius 1 is 1.44 bits per heavy atom. The van der Waals surface area contributed by atoms with Crippen LogP contribution < -0.4 is 5.73 Å². The molecule has 2 heteroatoms. The molecule has 1 aliphatic carbocycles. The third-order valence-corrected chi connectivity index (χ3v) is 3.02. The van der Waals surface area contributed by atoms with E-state index in [1.54, 1.807) is 0 Å². The van der Waals surface area contributed by atoms with Gasteiger partial charge in [0.1, 0.15) is 0 Å². The molecule has 2 rings (SSSR count). The Hall–Kier alpha value is -1.59. The minimum atomic E-state index is -0.363. The van der Waals surface area contributed by atoms with Crippen LogP contribution in [0, 0.1) is 18.3 Å². The fraction of sp³-hybridized carbons (Fsp3) is 0.357. The lowest BCUT2D eigenvalue weighted by Crippen LogP contribution is -2.18. The number of aryl methyl sites for hydroxylation is 2. The second-order valence-corrected chi connectivity index (χ2v) is 4.44. The normalized spacial score (nSPS) is 15.9. The monoisotopic (exact) mass is 212 g/mol. The SMILES string of the molecule is Cc1ccc2c(c1)CCC(C[C@@H](N)C#N)=C2. The minimum Gasteiger partial charge on any atom is -0.316 e. The van der Waals surface area contributed by atoms with Crippen molar-refractivity contribution in [2.75, 3.05) is 0 Å². The molecule has 0 unspecified atom stereocenters. The van der Waals surface area contributed by atoms with E-state index in [9.17, 15) is 0 Å². The third-order valence-electron chi connectivity index (χ3n) is 3.02. The molecule has 0 aromatic heterocycles. The number of fused-ring (bicyclic) bond motifs is 1. The minimum absolute atomic E-state index is 0.363. The summed E-state index contributed by atoms with van der Waals surface area (Å²) in [6, 6.07) is 8.24. The summed E-state index contributed by atoms with van der Waals surface area (Å²) in [7, 11) is 0. The molecule has 0 saturated heterocycles. The second kappa shape index (κ2) is 4.51. The first-order valence-corrected chi connectivity index (χ1v) is 5.63. The van der Waals surface area contributed by atoms with Crippen LogP contribution in [0.2, 0.25) is 0 Å². The lowest BCUT2D eigenvalue weighted by molar-refractivity contribution is 0.763. The third kappa shape index (κ3) is 2.32. The Morgan fingerprint density at radius 2 is 2.25 bits per heavy atom. The zero-order chi connectivity index (χ0) is 11.5. The lowest BCUT2D eigenvalue weighted by atomic mass is 9.88. The van der Waals surface area contributed by atoms with Crippen molar-refractivity contribution in [3.8, 4) is 6.07 Å². The highest BCUT2D eigenvalue weighted by Crippen LogP contribution is 2.26. The van der Waals surface area contributed by atoms with Crippen molar-refractivity contribution in [3.05, 3.63) is 40.5 Å². The molecule has 0 spiro atoms. The molecule has 0 bridgehead atoms. The molecule has 0 radical (unpaired) electrons. The first-order valence-electron chi connectivity index (χ1n) is 5.63. The summed E-state index contributed by atoms with van der Waals surface area (Å²) >= 11 is 0. The highest BCUT2D eigenvalue weighted by atomic mass is 14.6. The molecule has 1 atom stereocenters. The van der Waals surface area contributed by atoms with Crippen molar-refractivity contribution < 1.29 is 0 Å². The van der Waals surface area contributed by atoms with Gasteiger partial charge in [-0.2, -0.15) is 5.26 Å². The average Bonchev–Trinajstić information content (AvgIpc) is 2.29. The Bertz CT molecular complexity index is 466. The summed E-state index contributed by atoms with van der Waals surface area (Å²) in [6.07, 6.45) is 4.99. The smallest absolute Gasteiger partial charge is 0.0965 e. The molecule has 0 fully saturated rings. The molecule has 2 N–H and O–H groups in total. The van der Waals surface area contributed by atoms with Crippen molar-refractivity contribution >= 4 is 6.08 Å². The van der Waals surface area contributed by atoms with Crippen LogP contribution in [0.15, 0.2) is 23.8 Å². The largest absolute Gasteiger partial charge is 0.316 e. The van der Waals surface area contributed by atoms with E-state index in [1.165, 1.54) is 22.3 Å². The van der Waals surface area contributed by atoms with Crippen LogP contribution >= 0.6 is 0 Å². The van der Waals surface area contributed by atoms with E-state index in [2.05, 4.69) is 37.3 Å². The van der Waals surface area contributed by atoms with Gasteiger partial charge in [0, 0.05) is 0 Å². The second-order valence-electron chi connectivity index (χ2n) is 4.44.